The van der Waals surface area contributed by atoms with Gasteiger partial charge in [-0.3, -0.25) is 0 Å². The third-order valence-electron chi connectivity index (χ3n) is 6.18. The molecule has 1 fully saturated rings. The lowest BCUT2D eigenvalue weighted by Crippen LogP contribution is -2.44. The first-order valence-corrected chi connectivity index (χ1v) is 11.4. The van der Waals surface area contributed by atoms with Crippen LogP contribution in [0.3, 0.4) is 0 Å². The van der Waals surface area contributed by atoms with Gasteiger partial charge in [0, 0.05) is 38.7 Å². The van der Waals surface area contributed by atoms with Gasteiger partial charge in [-0.25, -0.2) is 19.2 Å². The Labute approximate surface area is 197 Å². The van der Waals surface area contributed by atoms with Crippen LogP contribution in [0.2, 0.25) is 0 Å². The van der Waals surface area contributed by atoms with Gasteiger partial charge in [0.1, 0.15) is 17.4 Å². The lowest BCUT2D eigenvalue weighted by molar-refractivity contribution is 0.108. The monoisotopic (exact) mass is 468 g/mol. The summed E-state index contributed by atoms with van der Waals surface area (Å²) in [5, 5.41) is 20.7. The molecule has 1 aliphatic rings. The van der Waals surface area contributed by atoms with Crippen molar-refractivity contribution in [3.8, 4) is 17.1 Å². The zero-order valence-corrected chi connectivity index (χ0v) is 19.4. The second-order valence-electron chi connectivity index (χ2n) is 8.70. The summed E-state index contributed by atoms with van der Waals surface area (Å²) in [5.74, 6) is 0.0844. The number of aryl methyl sites for hydroxylation is 1. The van der Waals surface area contributed by atoms with E-state index in [2.05, 4.69) is 9.88 Å². The molecular weight excluding hydrogens is 439 g/mol. The number of aromatic nitrogens is 2. The van der Waals surface area contributed by atoms with Crippen LogP contribution in [0.5, 0.6) is 5.75 Å². The van der Waals surface area contributed by atoms with Crippen LogP contribution in [0.1, 0.15) is 18.4 Å². The Bertz CT molecular complexity index is 1170. The van der Waals surface area contributed by atoms with E-state index in [4.69, 9.17) is 9.72 Å². The average molecular weight is 469 g/mol. The van der Waals surface area contributed by atoms with E-state index < -0.39 is 11.9 Å². The maximum absolute atomic E-state index is 14.6. The fourth-order valence-corrected chi connectivity index (χ4v) is 4.49. The minimum Gasteiger partial charge on any atom is -0.507 e. The Hall–Kier alpha value is -3.46. The van der Waals surface area contributed by atoms with Crippen molar-refractivity contribution in [2.45, 2.75) is 19.8 Å². The van der Waals surface area contributed by atoms with Crippen LogP contribution in [0, 0.1) is 18.7 Å². The van der Waals surface area contributed by atoms with Crippen molar-refractivity contribution in [1.82, 2.24) is 14.9 Å². The summed E-state index contributed by atoms with van der Waals surface area (Å²) in [6.45, 7) is 4.36. The number of carbonyl (C=O) groups is 1. The molecule has 0 spiro atoms. The molecule has 2 N–H and O–H groups in total. The number of amides is 1. The minimum absolute atomic E-state index is 0.0302. The van der Waals surface area contributed by atoms with E-state index in [1.165, 1.54) is 23.1 Å². The number of aromatic hydroxyl groups is 1. The standard InChI is InChI=1S/C25H29FN4O4/c1-16-8-9-18-20(13-16)27-23(22-19(26)6-3-7-21(22)31)28-24(18)29-10-4-5-17(14-29)15-30(25(32)33)11-12-34-2/h3,6-9,13,17,31H,4-5,10-12,14-15H2,1-2H3,(H,32,33)/t17-/m0/s1. The molecule has 1 saturated heterocycles. The summed E-state index contributed by atoms with van der Waals surface area (Å²) in [7, 11) is 1.55. The zero-order chi connectivity index (χ0) is 24.2. The van der Waals surface area contributed by atoms with E-state index in [0.29, 0.717) is 37.6 Å². The molecule has 9 heteroatoms. The summed E-state index contributed by atoms with van der Waals surface area (Å²) in [6.07, 6.45) is 0.811. The second-order valence-corrected chi connectivity index (χ2v) is 8.70. The third kappa shape index (κ3) is 5.04. The van der Waals surface area contributed by atoms with Gasteiger partial charge in [0.25, 0.3) is 0 Å². The number of phenols is 1. The number of rotatable bonds is 7. The summed E-state index contributed by atoms with van der Waals surface area (Å²) < 4.78 is 19.7. The highest BCUT2D eigenvalue weighted by Gasteiger charge is 2.27. The van der Waals surface area contributed by atoms with Crippen LogP contribution in [0.15, 0.2) is 36.4 Å². The van der Waals surface area contributed by atoms with Crippen LogP contribution in [-0.4, -0.2) is 71.1 Å². The van der Waals surface area contributed by atoms with E-state index in [1.807, 2.05) is 25.1 Å². The molecular formula is C25H29FN4O4. The van der Waals surface area contributed by atoms with Crippen LogP contribution < -0.4 is 4.90 Å². The second kappa shape index (κ2) is 10.2. The summed E-state index contributed by atoms with van der Waals surface area (Å²) >= 11 is 0. The van der Waals surface area contributed by atoms with E-state index in [0.717, 1.165) is 30.3 Å². The molecule has 1 aromatic heterocycles. The molecule has 2 aromatic carbocycles. The number of fused-ring (bicyclic) bond motifs is 1. The Kier molecular flexibility index (Phi) is 7.12. The number of hydrogen-bond donors (Lipinski definition) is 2. The van der Waals surface area contributed by atoms with Crippen LogP contribution in [0.4, 0.5) is 15.0 Å². The normalized spacial score (nSPS) is 16.1. The molecule has 0 saturated carbocycles. The fraction of sp³-hybridized carbons (Fsp3) is 0.400. The first-order valence-electron chi connectivity index (χ1n) is 11.4. The first-order chi connectivity index (χ1) is 16.4. The number of benzene rings is 2. The van der Waals surface area contributed by atoms with Gasteiger partial charge < -0.3 is 24.7 Å². The van der Waals surface area contributed by atoms with Gasteiger partial charge in [0.15, 0.2) is 5.82 Å². The maximum atomic E-state index is 14.6. The van der Waals surface area contributed by atoms with Crippen molar-refractivity contribution in [3.63, 3.8) is 0 Å². The summed E-state index contributed by atoms with van der Waals surface area (Å²) in [6, 6.07) is 9.98. The van der Waals surface area contributed by atoms with Crippen LogP contribution >= 0.6 is 0 Å². The molecule has 0 aliphatic carbocycles. The number of halogens is 1. The van der Waals surface area contributed by atoms with E-state index >= 15 is 0 Å². The van der Waals surface area contributed by atoms with Gasteiger partial charge in [-0.05, 0) is 55.5 Å². The molecule has 34 heavy (non-hydrogen) atoms. The van der Waals surface area contributed by atoms with Crippen molar-refractivity contribution in [3.05, 3.63) is 47.8 Å². The SMILES string of the molecule is COCCN(C[C@H]1CCCN(c2nc(-c3c(O)cccc3F)nc3cc(C)ccc23)C1)C(=O)O. The van der Waals surface area contributed by atoms with Crippen molar-refractivity contribution in [2.24, 2.45) is 5.92 Å². The topological polar surface area (TPSA) is 99.0 Å². The molecule has 0 unspecified atom stereocenters. The maximum Gasteiger partial charge on any atom is 0.407 e. The number of ether oxygens (including phenoxy) is 1. The van der Waals surface area contributed by atoms with Gasteiger partial charge in [0.2, 0.25) is 0 Å². The van der Waals surface area contributed by atoms with Crippen molar-refractivity contribution in [2.75, 3.05) is 44.8 Å². The molecule has 0 bridgehead atoms. The number of nitrogens with zero attached hydrogens (tertiary/aromatic N) is 4. The van der Waals surface area contributed by atoms with Gasteiger partial charge in [0.05, 0.1) is 17.7 Å². The van der Waals surface area contributed by atoms with Crippen molar-refractivity contribution < 1.29 is 24.1 Å². The first kappa shape index (κ1) is 23.7. The van der Waals surface area contributed by atoms with Gasteiger partial charge >= 0.3 is 6.09 Å². The smallest absolute Gasteiger partial charge is 0.407 e. The third-order valence-corrected chi connectivity index (χ3v) is 6.18. The molecule has 3 aromatic rings. The molecule has 4 rings (SSSR count). The Balaban J connectivity index is 1.71. The number of phenolic OH excluding ortho intramolecular Hbond substituents is 1. The predicted octanol–water partition coefficient (Wildman–Crippen LogP) is 4.29. The summed E-state index contributed by atoms with van der Waals surface area (Å²) in [4.78, 5) is 24.5. The van der Waals surface area contributed by atoms with Gasteiger partial charge in [-0.15, -0.1) is 0 Å². The lowest BCUT2D eigenvalue weighted by Gasteiger charge is -2.36. The van der Waals surface area contributed by atoms with Crippen LogP contribution in [-0.2, 0) is 4.74 Å². The molecule has 1 atom stereocenters. The lowest BCUT2D eigenvalue weighted by atomic mass is 9.97. The molecule has 2 heterocycles. The molecule has 180 valence electrons. The number of carboxylic acid groups (broad SMARTS) is 1. The minimum atomic E-state index is -0.963. The average Bonchev–Trinajstić information content (AvgIpc) is 2.81. The zero-order valence-electron chi connectivity index (χ0n) is 19.4. The van der Waals surface area contributed by atoms with Gasteiger partial charge in [-0.1, -0.05) is 12.1 Å². The van der Waals surface area contributed by atoms with Crippen LogP contribution in [0.25, 0.3) is 22.3 Å². The highest BCUT2D eigenvalue weighted by atomic mass is 19.1. The quantitative estimate of drug-likeness (QED) is 0.534. The van der Waals surface area contributed by atoms with E-state index in [1.54, 1.807) is 7.11 Å². The molecule has 0 radical (unpaired) electrons. The Morgan fingerprint density at radius 2 is 2.12 bits per heavy atom. The predicted molar refractivity (Wildman–Crippen MR) is 128 cm³/mol. The Morgan fingerprint density at radius 3 is 2.85 bits per heavy atom. The van der Waals surface area contributed by atoms with Gasteiger partial charge in [-0.2, -0.15) is 0 Å². The number of hydrogen-bond acceptors (Lipinski definition) is 6. The number of anilines is 1. The van der Waals surface area contributed by atoms with E-state index in [9.17, 15) is 19.4 Å². The fourth-order valence-electron chi connectivity index (χ4n) is 4.49. The highest BCUT2D eigenvalue weighted by Crippen LogP contribution is 2.35. The number of piperidine rings is 1. The Morgan fingerprint density at radius 1 is 1.29 bits per heavy atom. The van der Waals surface area contributed by atoms with E-state index in [-0.39, 0.29) is 23.1 Å². The molecule has 1 aliphatic heterocycles. The molecule has 8 nitrogen and oxygen atoms in total. The van der Waals surface area contributed by atoms with Crippen molar-refractivity contribution in [1.29, 1.82) is 0 Å². The largest absolute Gasteiger partial charge is 0.507 e. The number of methoxy groups -OCH3 is 1. The highest BCUT2D eigenvalue weighted by molar-refractivity contribution is 5.92. The summed E-state index contributed by atoms with van der Waals surface area (Å²) in [5.41, 5.74) is 1.64. The molecule has 1 amide bonds. The van der Waals surface area contributed by atoms with Crippen molar-refractivity contribution >= 4 is 22.8 Å².